The summed E-state index contributed by atoms with van der Waals surface area (Å²) in [5.74, 6) is 0.789. The third-order valence-electron chi connectivity index (χ3n) is 3.20. The van der Waals surface area contributed by atoms with E-state index in [1.165, 1.54) is 17.7 Å². The minimum atomic E-state index is 0.789. The number of anilines is 1. The molecule has 116 valence electrons. The molecule has 0 bridgehead atoms. The maximum absolute atomic E-state index is 4.62. The first-order valence-corrected chi connectivity index (χ1v) is 8.86. The summed E-state index contributed by atoms with van der Waals surface area (Å²) in [5, 5.41) is 12.1. The fourth-order valence-corrected chi connectivity index (χ4v) is 3.59. The number of hydrogen-bond acceptors (Lipinski definition) is 9. The van der Waals surface area contributed by atoms with Crippen molar-refractivity contribution < 1.29 is 0 Å². The van der Waals surface area contributed by atoms with Gasteiger partial charge in [-0.05, 0) is 6.42 Å². The summed E-state index contributed by atoms with van der Waals surface area (Å²) in [5.41, 5.74) is 2.63. The van der Waals surface area contributed by atoms with Gasteiger partial charge in [0.25, 0.3) is 0 Å². The molecule has 0 atom stereocenters. The van der Waals surface area contributed by atoms with Crippen LogP contribution in [-0.2, 0) is 0 Å². The molecule has 1 aliphatic rings. The van der Waals surface area contributed by atoms with Gasteiger partial charge in [-0.2, -0.15) is 0 Å². The van der Waals surface area contributed by atoms with Crippen LogP contribution in [0.3, 0.4) is 0 Å². The van der Waals surface area contributed by atoms with Gasteiger partial charge in [-0.25, -0.2) is 19.9 Å². The summed E-state index contributed by atoms with van der Waals surface area (Å²) in [4.78, 5) is 21.6. The highest BCUT2D eigenvalue weighted by Crippen LogP contribution is 2.30. The lowest BCUT2D eigenvalue weighted by atomic mass is 10.3. The Kier molecular flexibility index (Phi) is 3.95. The first-order chi connectivity index (χ1) is 11.4. The summed E-state index contributed by atoms with van der Waals surface area (Å²) in [6, 6.07) is 0. The molecule has 9 heteroatoms. The lowest BCUT2D eigenvalue weighted by molar-refractivity contribution is 0.740. The van der Waals surface area contributed by atoms with Crippen molar-refractivity contribution in [2.24, 2.45) is 4.99 Å². The molecule has 0 aromatic carbocycles. The van der Waals surface area contributed by atoms with Crippen molar-refractivity contribution in [1.82, 2.24) is 25.3 Å². The lowest BCUT2D eigenvalue weighted by Gasteiger charge is -2.13. The normalized spacial score (nSPS) is 14.2. The number of hydrogen-bond donors (Lipinski definition) is 2. The Balaban J connectivity index is 1.53. The van der Waals surface area contributed by atoms with Crippen LogP contribution < -0.4 is 10.6 Å². The Labute approximate surface area is 140 Å². The molecular formula is C14H13N7S2. The minimum Gasteiger partial charge on any atom is -0.356 e. The van der Waals surface area contributed by atoms with Crippen LogP contribution in [0.15, 0.2) is 34.5 Å². The molecule has 0 amide bonds. The molecule has 0 radical (unpaired) electrons. The Morgan fingerprint density at radius 1 is 1.04 bits per heavy atom. The van der Waals surface area contributed by atoms with Gasteiger partial charge < -0.3 is 10.6 Å². The van der Waals surface area contributed by atoms with Crippen molar-refractivity contribution >= 4 is 33.8 Å². The fourth-order valence-electron chi connectivity index (χ4n) is 2.10. The Hall–Kier alpha value is -2.39. The number of aromatic nitrogens is 4. The third kappa shape index (κ3) is 3.20. The van der Waals surface area contributed by atoms with Gasteiger partial charge in [-0.1, -0.05) is 0 Å². The van der Waals surface area contributed by atoms with Gasteiger partial charge in [0, 0.05) is 41.8 Å². The molecule has 3 aromatic heterocycles. The molecule has 0 aliphatic carbocycles. The number of nitrogens with zero attached hydrogens (tertiary/aromatic N) is 5. The van der Waals surface area contributed by atoms with Gasteiger partial charge in [-0.3, -0.25) is 4.99 Å². The Bertz CT molecular complexity index is 825. The summed E-state index contributed by atoms with van der Waals surface area (Å²) >= 11 is 3.10. The van der Waals surface area contributed by atoms with Crippen molar-refractivity contribution in [3.63, 3.8) is 0 Å². The van der Waals surface area contributed by atoms with E-state index in [1.54, 1.807) is 23.7 Å². The number of nitrogens with one attached hydrogen (secondary N) is 2. The van der Waals surface area contributed by atoms with E-state index in [2.05, 4.69) is 35.6 Å². The van der Waals surface area contributed by atoms with Crippen molar-refractivity contribution in [2.45, 2.75) is 6.42 Å². The first kappa shape index (κ1) is 14.2. The van der Waals surface area contributed by atoms with Crippen molar-refractivity contribution in [2.75, 3.05) is 18.4 Å². The van der Waals surface area contributed by atoms with E-state index in [0.717, 1.165) is 52.6 Å². The van der Waals surface area contributed by atoms with Crippen LogP contribution in [0.5, 0.6) is 0 Å². The highest BCUT2D eigenvalue weighted by atomic mass is 32.1. The number of guanidine groups is 1. The SMILES string of the molecule is c1ncc(-c2nc(-c3csc(NC4=NCCCN4)n3)cs2)cn1. The maximum Gasteiger partial charge on any atom is 0.197 e. The number of rotatable bonds is 3. The fraction of sp³-hybridized carbons (Fsp3) is 0.214. The molecule has 23 heavy (non-hydrogen) atoms. The van der Waals surface area contributed by atoms with Gasteiger partial charge in [0.05, 0.1) is 0 Å². The predicted molar refractivity (Wildman–Crippen MR) is 92.8 cm³/mol. The zero-order valence-corrected chi connectivity index (χ0v) is 13.7. The molecule has 1 aliphatic heterocycles. The van der Waals surface area contributed by atoms with Gasteiger partial charge in [0.2, 0.25) is 0 Å². The largest absolute Gasteiger partial charge is 0.356 e. The highest BCUT2D eigenvalue weighted by Gasteiger charge is 2.12. The van der Waals surface area contributed by atoms with Gasteiger partial charge in [0.1, 0.15) is 22.7 Å². The average Bonchev–Trinajstić information content (AvgIpc) is 3.26. The highest BCUT2D eigenvalue weighted by molar-refractivity contribution is 7.14. The molecule has 0 spiro atoms. The van der Waals surface area contributed by atoms with Gasteiger partial charge >= 0.3 is 0 Å². The van der Waals surface area contributed by atoms with E-state index in [-0.39, 0.29) is 0 Å². The Morgan fingerprint density at radius 2 is 1.87 bits per heavy atom. The van der Waals surface area contributed by atoms with Crippen LogP contribution >= 0.6 is 22.7 Å². The van der Waals surface area contributed by atoms with Crippen molar-refractivity contribution in [3.05, 3.63) is 29.5 Å². The monoisotopic (exact) mass is 343 g/mol. The summed E-state index contributed by atoms with van der Waals surface area (Å²) in [6.45, 7) is 1.79. The maximum atomic E-state index is 4.62. The second-order valence-electron chi connectivity index (χ2n) is 4.84. The van der Waals surface area contributed by atoms with E-state index in [1.807, 2.05) is 10.8 Å². The van der Waals surface area contributed by atoms with Gasteiger partial charge in [0.15, 0.2) is 11.1 Å². The van der Waals surface area contributed by atoms with Crippen molar-refractivity contribution in [3.8, 4) is 22.0 Å². The summed E-state index contributed by atoms with van der Waals surface area (Å²) in [7, 11) is 0. The second-order valence-corrected chi connectivity index (χ2v) is 6.55. The number of aliphatic imine (C=N–C) groups is 1. The van der Waals surface area contributed by atoms with E-state index in [4.69, 9.17) is 0 Å². The molecule has 0 fully saturated rings. The molecule has 0 unspecified atom stereocenters. The first-order valence-electron chi connectivity index (χ1n) is 7.10. The quantitative estimate of drug-likeness (QED) is 0.760. The molecule has 2 N–H and O–H groups in total. The molecule has 0 saturated heterocycles. The molecule has 0 saturated carbocycles. The summed E-state index contributed by atoms with van der Waals surface area (Å²) < 4.78 is 0. The molecular weight excluding hydrogens is 330 g/mol. The molecule has 7 nitrogen and oxygen atoms in total. The average molecular weight is 343 g/mol. The zero-order chi connectivity index (χ0) is 15.5. The topological polar surface area (TPSA) is 88.0 Å². The van der Waals surface area contributed by atoms with Crippen LogP contribution in [-0.4, -0.2) is 39.0 Å². The second kappa shape index (κ2) is 6.39. The van der Waals surface area contributed by atoms with Crippen LogP contribution in [0.25, 0.3) is 22.0 Å². The van der Waals surface area contributed by atoms with Crippen LogP contribution in [0, 0.1) is 0 Å². The van der Waals surface area contributed by atoms with Crippen LogP contribution in [0.2, 0.25) is 0 Å². The lowest BCUT2D eigenvalue weighted by Crippen LogP contribution is -2.35. The van der Waals surface area contributed by atoms with E-state index in [0.29, 0.717) is 0 Å². The summed E-state index contributed by atoms with van der Waals surface area (Å²) in [6.07, 6.45) is 6.10. The molecule has 3 aromatic rings. The smallest absolute Gasteiger partial charge is 0.197 e. The van der Waals surface area contributed by atoms with Crippen LogP contribution in [0.1, 0.15) is 6.42 Å². The van der Waals surface area contributed by atoms with E-state index < -0.39 is 0 Å². The van der Waals surface area contributed by atoms with Crippen LogP contribution in [0.4, 0.5) is 5.13 Å². The molecule has 4 rings (SSSR count). The van der Waals surface area contributed by atoms with Gasteiger partial charge in [-0.15, -0.1) is 22.7 Å². The Morgan fingerprint density at radius 3 is 2.70 bits per heavy atom. The molecule has 4 heterocycles. The predicted octanol–water partition coefficient (Wildman–Crippen LogP) is 2.48. The van der Waals surface area contributed by atoms with E-state index >= 15 is 0 Å². The zero-order valence-electron chi connectivity index (χ0n) is 12.1. The minimum absolute atomic E-state index is 0.789. The number of thiazole rings is 2. The standard InChI is InChI=1S/C14H13N7S2/c1-2-17-13(18-3-1)21-14-20-11(7-23-14)10-6-22-12(19-10)9-4-15-8-16-5-9/h4-8H,1-3H2,(H2,17,18,20,21). The van der Waals surface area contributed by atoms with E-state index in [9.17, 15) is 0 Å². The third-order valence-corrected chi connectivity index (χ3v) is 4.85. The van der Waals surface area contributed by atoms with Crippen molar-refractivity contribution in [1.29, 1.82) is 0 Å².